The van der Waals surface area contributed by atoms with E-state index in [1.165, 1.54) is 6.92 Å². The molecule has 0 radical (unpaired) electrons. The molecule has 0 saturated heterocycles. The minimum atomic E-state index is -0.558. The van der Waals surface area contributed by atoms with Gasteiger partial charge in [0, 0.05) is 31.2 Å². The van der Waals surface area contributed by atoms with Gasteiger partial charge in [-0.05, 0) is 12.2 Å². The van der Waals surface area contributed by atoms with Gasteiger partial charge in [-0.3, -0.25) is 14.9 Å². The Labute approximate surface area is 93.6 Å². The second-order valence-corrected chi connectivity index (χ2v) is 3.48. The molecule has 0 fully saturated rings. The van der Waals surface area contributed by atoms with Gasteiger partial charge in [0.05, 0.1) is 0 Å². The Morgan fingerprint density at radius 2 is 2.20 bits per heavy atom. The molecular weight excluding hydrogens is 218 g/mol. The monoisotopic (exact) mass is 233 g/mol. The summed E-state index contributed by atoms with van der Waals surface area (Å²) in [6.07, 6.45) is 0.880. The SMILES string of the molecule is CCC(CCNC(=S)NC(C)=O)[N+](=O)[O-]. The fourth-order valence-corrected chi connectivity index (χ4v) is 1.26. The Hall–Kier alpha value is -1.24. The molecule has 7 heteroatoms. The molecule has 86 valence electrons. The lowest BCUT2D eigenvalue weighted by Gasteiger charge is -2.09. The average molecular weight is 233 g/mol. The Bertz CT molecular complexity index is 258. The lowest BCUT2D eigenvalue weighted by Crippen LogP contribution is -2.39. The third-order valence-electron chi connectivity index (χ3n) is 1.82. The lowest BCUT2D eigenvalue weighted by molar-refractivity contribution is -0.523. The minimum Gasteiger partial charge on any atom is -0.362 e. The van der Waals surface area contributed by atoms with Gasteiger partial charge in [0.25, 0.3) is 0 Å². The highest BCUT2D eigenvalue weighted by Crippen LogP contribution is 2.00. The van der Waals surface area contributed by atoms with Gasteiger partial charge in [-0.15, -0.1) is 0 Å². The molecule has 0 bridgehead atoms. The van der Waals surface area contributed by atoms with Crippen LogP contribution in [0.15, 0.2) is 0 Å². The molecule has 0 spiro atoms. The van der Waals surface area contributed by atoms with Crippen LogP contribution < -0.4 is 10.6 Å². The number of nitrogens with one attached hydrogen (secondary N) is 2. The Morgan fingerprint density at radius 3 is 2.60 bits per heavy atom. The first-order chi connectivity index (χ1) is 6.97. The van der Waals surface area contributed by atoms with Crippen LogP contribution in [0.4, 0.5) is 0 Å². The molecule has 0 saturated carbocycles. The molecule has 0 aliphatic rings. The zero-order valence-electron chi connectivity index (χ0n) is 8.78. The second-order valence-electron chi connectivity index (χ2n) is 3.07. The number of amides is 1. The summed E-state index contributed by atoms with van der Waals surface area (Å²) in [5, 5.41) is 15.8. The first-order valence-electron chi connectivity index (χ1n) is 4.66. The largest absolute Gasteiger partial charge is 0.362 e. The van der Waals surface area contributed by atoms with Gasteiger partial charge in [0.15, 0.2) is 5.11 Å². The first kappa shape index (κ1) is 13.8. The number of carbonyl (C=O) groups is 1. The van der Waals surface area contributed by atoms with Gasteiger partial charge in [-0.25, -0.2) is 0 Å². The van der Waals surface area contributed by atoms with Crippen LogP contribution in [0.2, 0.25) is 0 Å². The molecule has 0 rings (SSSR count). The van der Waals surface area contributed by atoms with Crippen molar-refractivity contribution < 1.29 is 9.72 Å². The van der Waals surface area contributed by atoms with Crippen molar-refractivity contribution >= 4 is 23.2 Å². The van der Waals surface area contributed by atoms with E-state index in [9.17, 15) is 14.9 Å². The maximum atomic E-state index is 10.6. The van der Waals surface area contributed by atoms with Gasteiger partial charge in [-0.2, -0.15) is 0 Å². The molecule has 1 amide bonds. The third kappa shape index (κ3) is 6.78. The molecule has 1 atom stereocenters. The summed E-state index contributed by atoms with van der Waals surface area (Å²) >= 11 is 4.77. The summed E-state index contributed by atoms with van der Waals surface area (Å²) in [6.45, 7) is 3.50. The van der Waals surface area contributed by atoms with Crippen LogP contribution in [-0.2, 0) is 4.79 Å². The molecule has 0 aromatic heterocycles. The van der Waals surface area contributed by atoms with E-state index in [1.54, 1.807) is 6.92 Å². The summed E-state index contributed by atoms with van der Waals surface area (Å²) in [6, 6.07) is -0.558. The van der Waals surface area contributed by atoms with Crippen LogP contribution in [0.25, 0.3) is 0 Å². The van der Waals surface area contributed by atoms with Gasteiger partial charge >= 0.3 is 0 Å². The smallest absolute Gasteiger partial charge is 0.222 e. The number of hydrogen-bond donors (Lipinski definition) is 2. The highest BCUT2D eigenvalue weighted by atomic mass is 32.1. The van der Waals surface area contributed by atoms with E-state index in [0.29, 0.717) is 19.4 Å². The Balaban J connectivity index is 3.73. The number of hydrogen-bond acceptors (Lipinski definition) is 4. The van der Waals surface area contributed by atoms with Crippen molar-refractivity contribution in [3.63, 3.8) is 0 Å². The number of rotatable bonds is 5. The molecule has 0 heterocycles. The highest BCUT2D eigenvalue weighted by Gasteiger charge is 2.16. The van der Waals surface area contributed by atoms with Crippen LogP contribution in [0.3, 0.4) is 0 Å². The predicted molar refractivity (Wildman–Crippen MR) is 60.1 cm³/mol. The first-order valence-corrected chi connectivity index (χ1v) is 5.07. The van der Waals surface area contributed by atoms with Crippen molar-refractivity contribution in [1.82, 2.24) is 10.6 Å². The molecule has 15 heavy (non-hydrogen) atoms. The van der Waals surface area contributed by atoms with Crippen molar-refractivity contribution in [2.45, 2.75) is 32.7 Å². The molecule has 0 aromatic carbocycles. The van der Waals surface area contributed by atoms with Crippen LogP contribution in [0.1, 0.15) is 26.7 Å². The summed E-state index contributed by atoms with van der Waals surface area (Å²) in [7, 11) is 0. The second kappa shape index (κ2) is 7.10. The number of nitro groups is 1. The van der Waals surface area contributed by atoms with Crippen molar-refractivity contribution in [1.29, 1.82) is 0 Å². The minimum absolute atomic E-state index is 0.209. The van der Waals surface area contributed by atoms with E-state index in [0.717, 1.165) is 0 Å². The fraction of sp³-hybridized carbons (Fsp3) is 0.750. The van der Waals surface area contributed by atoms with Gasteiger partial charge in [0.2, 0.25) is 11.9 Å². The highest BCUT2D eigenvalue weighted by molar-refractivity contribution is 7.80. The van der Waals surface area contributed by atoms with E-state index in [4.69, 9.17) is 12.2 Å². The topological polar surface area (TPSA) is 84.3 Å². The van der Waals surface area contributed by atoms with Crippen molar-refractivity contribution in [3.8, 4) is 0 Å². The Morgan fingerprint density at radius 1 is 1.60 bits per heavy atom. The van der Waals surface area contributed by atoms with E-state index in [-0.39, 0.29) is 15.9 Å². The fourth-order valence-electron chi connectivity index (χ4n) is 1.01. The summed E-state index contributed by atoms with van der Waals surface area (Å²) in [4.78, 5) is 20.7. The number of nitrogens with zero attached hydrogens (tertiary/aromatic N) is 1. The van der Waals surface area contributed by atoms with E-state index in [2.05, 4.69) is 10.6 Å². The predicted octanol–water partition coefficient (Wildman–Crippen LogP) is 0.442. The van der Waals surface area contributed by atoms with Crippen LogP contribution in [0, 0.1) is 10.1 Å². The van der Waals surface area contributed by atoms with E-state index in [1.807, 2.05) is 0 Å². The van der Waals surface area contributed by atoms with Crippen LogP contribution in [0.5, 0.6) is 0 Å². The molecule has 6 nitrogen and oxygen atoms in total. The van der Waals surface area contributed by atoms with Gasteiger partial charge in [-0.1, -0.05) is 6.92 Å². The van der Waals surface area contributed by atoms with Crippen LogP contribution >= 0.6 is 12.2 Å². The summed E-state index contributed by atoms with van der Waals surface area (Å²) in [5.41, 5.74) is 0. The van der Waals surface area contributed by atoms with E-state index < -0.39 is 6.04 Å². The summed E-state index contributed by atoms with van der Waals surface area (Å²) < 4.78 is 0. The molecule has 2 N–H and O–H groups in total. The maximum Gasteiger partial charge on any atom is 0.222 e. The van der Waals surface area contributed by atoms with Crippen molar-refractivity contribution in [2.24, 2.45) is 0 Å². The molecule has 0 aliphatic carbocycles. The van der Waals surface area contributed by atoms with E-state index >= 15 is 0 Å². The standard InChI is InChI=1S/C8H15N3O3S/c1-3-7(11(13)14)4-5-9-8(15)10-6(2)12/h7H,3-5H2,1-2H3,(H2,9,10,12,15). The Kier molecular flexibility index (Phi) is 6.52. The van der Waals surface area contributed by atoms with Crippen molar-refractivity contribution in [2.75, 3.05) is 6.54 Å². The van der Waals surface area contributed by atoms with Gasteiger partial charge in [0.1, 0.15) is 0 Å². The average Bonchev–Trinajstić information content (AvgIpc) is 2.10. The third-order valence-corrected chi connectivity index (χ3v) is 2.07. The van der Waals surface area contributed by atoms with Crippen LogP contribution in [-0.4, -0.2) is 28.5 Å². The molecule has 0 aliphatic heterocycles. The molecule has 1 unspecified atom stereocenters. The number of thiocarbonyl (C=S) groups is 1. The zero-order valence-corrected chi connectivity index (χ0v) is 9.60. The lowest BCUT2D eigenvalue weighted by atomic mass is 10.2. The molecule has 0 aromatic rings. The van der Waals surface area contributed by atoms with Gasteiger partial charge < -0.3 is 10.6 Å². The van der Waals surface area contributed by atoms with Crippen molar-refractivity contribution in [3.05, 3.63) is 10.1 Å². The quantitative estimate of drug-likeness (QED) is 0.409. The number of carbonyl (C=O) groups excluding carboxylic acids is 1. The zero-order chi connectivity index (χ0) is 11.8. The molecular formula is C8H15N3O3S. The summed E-state index contributed by atoms with van der Waals surface area (Å²) in [5.74, 6) is -0.256. The normalized spacial score (nSPS) is 11.6. The maximum absolute atomic E-state index is 10.6.